The molecule has 0 bridgehead atoms. The molecule has 0 spiro atoms. The topological polar surface area (TPSA) is 46.4 Å². The summed E-state index contributed by atoms with van der Waals surface area (Å²) in [6.45, 7) is 2.66. The fourth-order valence-corrected chi connectivity index (χ4v) is 3.44. The molecule has 4 nitrogen and oxygen atoms in total. The fraction of sp³-hybridized carbons (Fsp3) is 0.182. The van der Waals surface area contributed by atoms with Gasteiger partial charge in [0.05, 0.1) is 10.5 Å². The average molecular weight is 425 g/mol. The standard InChI is InChI=1S/C22H21BrN2O2/c1-17-7-5-10-21(22(17)25(26)27)18-11-13-20(14-12-18)24(16-6-15-23)19-8-3-2-4-9-19/h2-5,7-14H,6,15-16H2,1H3. The van der Waals surface area contributed by atoms with E-state index < -0.39 is 0 Å². The van der Waals surface area contributed by atoms with E-state index >= 15 is 0 Å². The minimum Gasteiger partial charge on any atom is -0.341 e. The number of benzene rings is 3. The van der Waals surface area contributed by atoms with Crippen LogP contribution in [0.15, 0.2) is 72.8 Å². The second-order valence-electron chi connectivity index (χ2n) is 6.30. The largest absolute Gasteiger partial charge is 0.341 e. The smallest absolute Gasteiger partial charge is 0.280 e. The first kappa shape index (κ1) is 19.1. The Kier molecular flexibility index (Phi) is 6.24. The number of aryl methyl sites for hydroxylation is 1. The molecule has 0 aliphatic heterocycles. The van der Waals surface area contributed by atoms with Gasteiger partial charge in [-0.05, 0) is 49.2 Å². The van der Waals surface area contributed by atoms with Crippen molar-refractivity contribution >= 4 is 33.0 Å². The van der Waals surface area contributed by atoms with Crippen LogP contribution in [0.1, 0.15) is 12.0 Å². The van der Waals surface area contributed by atoms with Crippen LogP contribution in [-0.2, 0) is 0 Å². The molecule has 3 aromatic rings. The lowest BCUT2D eigenvalue weighted by Crippen LogP contribution is -2.18. The number of hydrogen-bond acceptors (Lipinski definition) is 3. The Hall–Kier alpha value is -2.66. The summed E-state index contributed by atoms with van der Waals surface area (Å²) >= 11 is 3.50. The van der Waals surface area contributed by atoms with Gasteiger partial charge in [-0.1, -0.05) is 58.4 Å². The molecule has 27 heavy (non-hydrogen) atoms. The Labute approximate surface area is 167 Å². The fourth-order valence-electron chi connectivity index (χ4n) is 3.19. The number of anilines is 2. The number of halogens is 1. The van der Waals surface area contributed by atoms with Gasteiger partial charge in [-0.3, -0.25) is 10.1 Å². The van der Waals surface area contributed by atoms with Gasteiger partial charge in [-0.25, -0.2) is 0 Å². The van der Waals surface area contributed by atoms with Gasteiger partial charge in [0.25, 0.3) is 5.69 Å². The molecule has 0 aliphatic rings. The molecule has 0 saturated heterocycles. The summed E-state index contributed by atoms with van der Waals surface area (Å²) < 4.78 is 0. The average Bonchev–Trinajstić information content (AvgIpc) is 2.69. The van der Waals surface area contributed by atoms with E-state index in [2.05, 4.69) is 33.0 Å². The van der Waals surface area contributed by atoms with Crippen molar-refractivity contribution in [3.05, 3.63) is 88.5 Å². The molecule has 5 heteroatoms. The maximum Gasteiger partial charge on any atom is 0.280 e. The Bertz CT molecular complexity index is 911. The molecule has 0 amide bonds. The minimum absolute atomic E-state index is 0.171. The number of hydrogen-bond donors (Lipinski definition) is 0. The molecule has 0 unspecified atom stereocenters. The first-order valence-electron chi connectivity index (χ1n) is 8.85. The quantitative estimate of drug-likeness (QED) is 0.247. The number of nitro benzene ring substituents is 1. The molecule has 0 heterocycles. The van der Waals surface area contributed by atoms with Crippen LogP contribution in [0.2, 0.25) is 0 Å². The number of para-hydroxylation sites is 2. The summed E-state index contributed by atoms with van der Waals surface area (Å²) in [6, 6.07) is 23.7. The second kappa shape index (κ2) is 8.82. The van der Waals surface area contributed by atoms with Crippen molar-refractivity contribution in [1.29, 1.82) is 0 Å². The molecule has 3 rings (SSSR count). The third kappa shape index (κ3) is 4.37. The molecular formula is C22H21BrN2O2. The number of alkyl halides is 1. The Balaban J connectivity index is 1.97. The van der Waals surface area contributed by atoms with Crippen LogP contribution in [0.25, 0.3) is 11.1 Å². The van der Waals surface area contributed by atoms with E-state index in [4.69, 9.17) is 0 Å². The molecule has 0 atom stereocenters. The normalized spacial score (nSPS) is 10.6. The molecule has 0 radical (unpaired) electrons. The van der Waals surface area contributed by atoms with Gasteiger partial charge in [0.15, 0.2) is 0 Å². The lowest BCUT2D eigenvalue weighted by atomic mass is 10.0. The third-order valence-electron chi connectivity index (χ3n) is 4.49. The van der Waals surface area contributed by atoms with E-state index in [1.165, 1.54) is 0 Å². The van der Waals surface area contributed by atoms with Crippen molar-refractivity contribution in [2.75, 3.05) is 16.8 Å². The van der Waals surface area contributed by atoms with E-state index in [0.717, 1.165) is 35.2 Å². The van der Waals surface area contributed by atoms with Crippen molar-refractivity contribution in [3.8, 4) is 11.1 Å². The Morgan fingerprint density at radius 1 is 0.926 bits per heavy atom. The van der Waals surface area contributed by atoms with Crippen LogP contribution in [0.5, 0.6) is 0 Å². The van der Waals surface area contributed by atoms with E-state index in [1.54, 1.807) is 19.1 Å². The predicted octanol–water partition coefficient (Wildman–Crippen LogP) is 6.49. The molecule has 0 N–H and O–H groups in total. The van der Waals surface area contributed by atoms with E-state index in [0.29, 0.717) is 11.1 Å². The SMILES string of the molecule is Cc1cccc(-c2ccc(N(CCCBr)c3ccccc3)cc2)c1[N+](=O)[O-]. The number of rotatable bonds is 7. The highest BCUT2D eigenvalue weighted by Crippen LogP contribution is 2.34. The molecular weight excluding hydrogens is 404 g/mol. The van der Waals surface area contributed by atoms with Gasteiger partial charge in [-0.15, -0.1) is 0 Å². The Morgan fingerprint density at radius 2 is 1.59 bits per heavy atom. The minimum atomic E-state index is -0.301. The lowest BCUT2D eigenvalue weighted by molar-refractivity contribution is -0.384. The highest BCUT2D eigenvalue weighted by molar-refractivity contribution is 9.09. The summed E-state index contributed by atoms with van der Waals surface area (Å²) in [5.74, 6) is 0. The van der Waals surface area contributed by atoms with Gasteiger partial charge in [0.2, 0.25) is 0 Å². The first-order chi connectivity index (χ1) is 13.1. The van der Waals surface area contributed by atoms with Crippen LogP contribution < -0.4 is 4.90 Å². The highest BCUT2D eigenvalue weighted by atomic mass is 79.9. The zero-order valence-electron chi connectivity index (χ0n) is 15.1. The zero-order chi connectivity index (χ0) is 19.2. The van der Waals surface area contributed by atoms with Crippen molar-refractivity contribution in [3.63, 3.8) is 0 Å². The van der Waals surface area contributed by atoms with Crippen molar-refractivity contribution in [1.82, 2.24) is 0 Å². The number of nitro groups is 1. The van der Waals surface area contributed by atoms with Crippen LogP contribution in [0.3, 0.4) is 0 Å². The molecule has 0 aromatic heterocycles. The highest BCUT2D eigenvalue weighted by Gasteiger charge is 2.18. The van der Waals surface area contributed by atoms with Crippen LogP contribution in [-0.4, -0.2) is 16.8 Å². The summed E-state index contributed by atoms with van der Waals surface area (Å²) in [5, 5.41) is 12.4. The summed E-state index contributed by atoms with van der Waals surface area (Å²) in [7, 11) is 0. The van der Waals surface area contributed by atoms with E-state index in [-0.39, 0.29) is 10.6 Å². The van der Waals surface area contributed by atoms with E-state index in [1.807, 2.05) is 48.5 Å². The summed E-state index contributed by atoms with van der Waals surface area (Å²) in [5.41, 5.74) is 4.55. The van der Waals surface area contributed by atoms with E-state index in [9.17, 15) is 10.1 Å². The molecule has 138 valence electrons. The third-order valence-corrected chi connectivity index (χ3v) is 5.05. The Morgan fingerprint density at radius 3 is 2.22 bits per heavy atom. The van der Waals surface area contributed by atoms with Gasteiger partial charge in [-0.2, -0.15) is 0 Å². The second-order valence-corrected chi connectivity index (χ2v) is 7.10. The summed E-state index contributed by atoms with van der Waals surface area (Å²) in [6.07, 6.45) is 1.01. The first-order valence-corrected chi connectivity index (χ1v) is 9.97. The van der Waals surface area contributed by atoms with Crippen LogP contribution in [0.4, 0.5) is 17.1 Å². The molecule has 0 saturated carbocycles. The lowest BCUT2D eigenvalue weighted by Gasteiger charge is -2.25. The summed E-state index contributed by atoms with van der Waals surface area (Å²) in [4.78, 5) is 13.4. The number of nitrogens with zero attached hydrogens (tertiary/aromatic N) is 2. The van der Waals surface area contributed by atoms with Gasteiger partial charge >= 0.3 is 0 Å². The molecule has 3 aromatic carbocycles. The molecule has 0 aliphatic carbocycles. The predicted molar refractivity (Wildman–Crippen MR) is 115 cm³/mol. The maximum absolute atomic E-state index is 11.5. The zero-order valence-corrected chi connectivity index (χ0v) is 16.7. The van der Waals surface area contributed by atoms with Gasteiger partial charge < -0.3 is 4.90 Å². The van der Waals surface area contributed by atoms with Gasteiger partial charge in [0.1, 0.15) is 0 Å². The van der Waals surface area contributed by atoms with Crippen LogP contribution in [0, 0.1) is 17.0 Å². The van der Waals surface area contributed by atoms with Crippen LogP contribution >= 0.6 is 15.9 Å². The monoisotopic (exact) mass is 424 g/mol. The van der Waals surface area contributed by atoms with Crippen molar-refractivity contribution in [2.45, 2.75) is 13.3 Å². The van der Waals surface area contributed by atoms with Crippen molar-refractivity contribution in [2.24, 2.45) is 0 Å². The van der Waals surface area contributed by atoms with Crippen molar-refractivity contribution < 1.29 is 4.92 Å². The molecule has 0 fully saturated rings. The van der Waals surface area contributed by atoms with Gasteiger partial charge in [0, 0.05) is 28.8 Å². The maximum atomic E-state index is 11.5.